The Morgan fingerprint density at radius 1 is 0.923 bits per heavy atom. The molecule has 0 aliphatic heterocycles. The lowest BCUT2D eigenvalue weighted by Gasteiger charge is -2.69. The minimum absolute atomic E-state index is 0.0396. The van der Waals surface area contributed by atoms with Crippen molar-refractivity contribution in [2.75, 3.05) is 6.61 Å². The van der Waals surface area contributed by atoms with Crippen LogP contribution < -0.4 is 0 Å². The van der Waals surface area contributed by atoms with Crippen molar-refractivity contribution in [2.24, 2.45) is 40.4 Å². The number of rotatable bonds is 8. The van der Waals surface area contributed by atoms with E-state index in [2.05, 4.69) is 27.7 Å². The van der Waals surface area contributed by atoms with Gasteiger partial charge in [0.1, 0.15) is 17.8 Å². The molecule has 4 fully saturated rings. The van der Waals surface area contributed by atoms with Crippen LogP contribution in [0, 0.1) is 40.4 Å². The van der Waals surface area contributed by atoms with E-state index in [0.717, 1.165) is 32.1 Å². The van der Waals surface area contributed by atoms with Crippen LogP contribution in [0.4, 0.5) is 0 Å². The first kappa shape index (κ1) is 30.7. The summed E-state index contributed by atoms with van der Waals surface area (Å²) in [5, 5.41) is 46.1. The minimum Gasteiger partial charge on any atom is -0.462 e. The molecule has 8 nitrogen and oxygen atoms in total. The van der Waals surface area contributed by atoms with Crippen LogP contribution in [-0.4, -0.2) is 68.5 Å². The van der Waals surface area contributed by atoms with Gasteiger partial charge in [0.05, 0.1) is 23.7 Å². The second-order valence-electron chi connectivity index (χ2n) is 14.2. The molecule has 0 aromatic carbocycles. The van der Waals surface area contributed by atoms with Gasteiger partial charge in [-0.3, -0.25) is 9.59 Å². The molecular formula is C31H52O8. The molecule has 0 unspecified atom stereocenters. The Bertz CT molecular complexity index is 922. The molecule has 0 saturated heterocycles. The van der Waals surface area contributed by atoms with Crippen molar-refractivity contribution in [3.63, 3.8) is 0 Å². The Morgan fingerprint density at radius 3 is 2.21 bits per heavy atom. The second kappa shape index (κ2) is 10.9. The van der Waals surface area contributed by atoms with Crippen molar-refractivity contribution >= 4 is 11.9 Å². The van der Waals surface area contributed by atoms with Crippen molar-refractivity contribution in [2.45, 2.75) is 135 Å². The maximum absolute atomic E-state index is 12.6. The fourth-order valence-electron chi connectivity index (χ4n) is 9.96. The highest BCUT2D eigenvalue weighted by Crippen LogP contribution is 2.71. The van der Waals surface area contributed by atoms with Crippen LogP contribution in [0.25, 0.3) is 0 Å². The molecule has 0 heterocycles. The highest BCUT2D eigenvalue weighted by molar-refractivity contribution is 5.66. The summed E-state index contributed by atoms with van der Waals surface area (Å²) in [5.74, 6) is -0.00195. The standard InChI is InChI=1S/C31H52O8/c1-18(2)7-10-26(38-20(4)33)19(3)23-8-9-24-25-15-27(39-21(5)34)31(37)16-22(35)11-12-29(31,17-32)30(25,36)14-13-28(23,24)6/h18-19,22-27,32,35-37H,7-17H2,1-6H3/t19-,22-,23+,24-,25-,26-,27+,28+,29-,30+,31-/m0/s1. The number of aliphatic hydroxyl groups excluding tert-OH is 2. The van der Waals surface area contributed by atoms with Gasteiger partial charge in [-0.2, -0.15) is 0 Å². The highest BCUT2D eigenvalue weighted by atomic mass is 16.6. The number of hydrogen-bond acceptors (Lipinski definition) is 8. The number of hydrogen-bond donors (Lipinski definition) is 4. The number of ether oxygens (including phenoxy) is 2. The second-order valence-corrected chi connectivity index (χ2v) is 14.2. The Balaban J connectivity index is 1.69. The molecule has 39 heavy (non-hydrogen) atoms. The van der Waals surface area contributed by atoms with E-state index in [-0.39, 0.29) is 54.0 Å². The molecule has 4 aliphatic rings. The quantitative estimate of drug-likeness (QED) is 0.335. The minimum atomic E-state index is -1.72. The first-order chi connectivity index (χ1) is 18.1. The van der Waals surface area contributed by atoms with E-state index in [9.17, 15) is 30.0 Å². The van der Waals surface area contributed by atoms with E-state index < -0.39 is 41.4 Å². The summed E-state index contributed by atoms with van der Waals surface area (Å²) < 4.78 is 11.6. The summed E-state index contributed by atoms with van der Waals surface area (Å²) in [5.41, 5.74) is -4.48. The summed E-state index contributed by atoms with van der Waals surface area (Å²) in [4.78, 5) is 24.2. The van der Waals surface area contributed by atoms with Crippen LogP contribution in [0.15, 0.2) is 0 Å². The Labute approximate surface area is 233 Å². The predicted molar refractivity (Wildman–Crippen MR) is 145 cm³/mol. The molecule has 0 aromatic rings. The fraction of sp³-hybridized carbons (Fsp3) is 0.935. The Kier molecular flexibility index (Phi) is 8.57. The lowest BCUT2D eigenvalue weighted by Crippen LogP contribution is -2.78. The van der Waals surface area contributed by atoms with Gasteiger partial charge in [-0.1, -0.05) is 27.7 Å². The van der Waals surface area contributed by atoms with E-state index >= 15 is 0 Å². The van der Waals surface area contributed by atoms with Gasteiger partial charge >= 0.3 is 11.9 Å². The van der Waals surface area contributed by atoms with Gasteiger partial charge in [0.2, 0.25) is 0 Å². The molecule has 8 heteroatoms. The normalized spacial score (nSPS) is 45.1. The number of esters is 2. The van der Waals surface area contributed by atoms with Gasteiger partial charge in [0, 0.05) is 20.3 Å². The number of aliphatic hydroxyl groups is 4. The molecular weight excluding hydrogens is 500 g/mol. The zero-order chi connectivity index (χ0) is 29.0. The van der Waals surface area contributed by atoms with E-state index in [0.29, 0.717) is 25.2 Å². The van der Waals surface area contributed by atoms with Crippen LogP contribution in [0.2, 0.25) is 0 Å². The molecule has 4 rings (SSSR count). The lowest BCUT2D eigenvalue weighted by molar-refractivity contribution is -0.338. The molecule has 0 aromatic heterocycles. The average Bonchev–Trinajstić information content (AvgIpc) is 3.19. The van der Waals surface area contributed by atoms with Gasteiger partial charge in [0.25, 0.3) is 0 Å². The smallest absolute Gasteiger partial charge is 0.303 e. The molecule has 0 spiro atoms. The summed E-state index contributed by atoms with van der Waals surface area (Å²) in [6.07, 6.45) is 3.79. The zero-order valence-electron chi connectivity index (χ0n) is 24.8. The van der Waals surface area contributed by atoms with Crippen molar-refractivity contribution in [1.29, 1.82) is 0 Å². The van der Waals surface area contributed by atoms with E-state index in [1.165, 1.54) is 13.8 Å². The first-order valence-corrected chi connectivity index (χ1v) is 15.2. The summed E-state index contributed by atoms with van der Waals surface area (Å²) in [6, 6.07) is 0. The summed E-state index contributed by atoms with van der Waals surface area (Å²) in [7, 11) is 0. The fourth-order valence-corrected chi connectivity index (χ4v) is 9.96. The summed E-state index contributed by atoms with van der Waals surface area (Å²) in [6.45, 7) is 11.2. The Hall–Kier alpha value is -1.22. The molecule has 4 aliphatic carbocycles. The average molecular weight is 553 g/mol. The predicted octanol–water partition coefficient (Wildman–Crippen LogP) is 3.75. The van der Waals surface area contributed by atoms with E-state index in [1.54, 1.807) is 0 Å². The van der Waals surface area contributed by atoms with Crippen LogP contribution >= 0.6 is 0 Å². The van der Waals surface area contributed by atoms with Crippen LogP contribution in [0.1, 0.15) is 106 Å². The zero-order valence-corrected chi connectivity index (χ0v) is 24.8. The van der Waals surface area contributed by atoms with Gasteiger partial charge < -0.3 is 29.9 Å². The van der Waals surface area contributed by atoms with E-state index in [1.807, 2.05) is 0 Å². The Morgan fingerprint density at radius 2 is 1.62 bits per heavy atom. The van der Waals surface area contributed by atoms with Gasteiger partial charge in [0.15, 0.2) is 0 Å². The van der Waals surface area contributed by atoms with Crippen LogP contribution in [-0.2, 0) is 19.1 Å². The van der Waals surface area contributed by atoms with Gasteiger partial charge in [-0.05, 0) is 92.8 Å². The summed E-state index contributed by atoms with van der Waals surface area (Å²) >= 11 is 0. The van der Waals surface area contributed by atoms with Crippen LogP contribution in [0.3, 0.4) is 0 Å². The van der Waals surface area contributed by atoms with Crippen molar-refractivity contribution < 1.29 is 39.5 Å². The molecule has 0 radical (unpaired) electrons. The third-order valence-electron chi connectivity index (χ3n) is 11.9. The topological polar surface area (TPSA) is 134 Å². The van der Waals surface area contributed by atoms with E-state index in [4.69, 9.17) is 9.47 Å². The number of carbonyl (C=O) groups excluding carboxylic acids is 2. The third kappa shape index (κ3) is 4.85. The van der Waals surface area contributed by atoms with Crippen LogP contribution in [0.5, 0.6) is 0 Å². The maximum atomic E-state index is 12.6. The molecule has 4 saturated carbocycles. The molecule has 4 N–H and O–H groups in total. The molecule has 11 atom stereocenters. The molecule has 0 bridgehead atoms. The monoisotopic (exact) mass is 552 g/mol. The van der Waals surface area contributed by atoms with Gasteiger partial charge in [-0.25, -0.2) is 0 Å². The number of fused-ring (bicyclic) bond motifs is 5. The third-order valence-corrected chi connectivity index (χ3v) is 11.9. The maximum Gasteiger partial charge on any atom is 0.303 e. The van der Waals surface area contributed by atoms with Crippen molar-refractivity contribution in [1.82, 2.24) is 0 Å². The first-order valence-electron chi connectivity index (χ1n) is 15.2. The van der Waals surface area contributed by atoms with Crippen molar-refractivity contribution in [3.05, 3.63) is 0 Å². The molecule has 0 amide bonds. The largest absolute Gasteiger partial charge is 0.462 e. The lowest BCUT2D eigenvalue weighted by atomic mass is 9.39. The molecule has 224 valence electrons. The highest BCUT2D eigenvalue weighted by Gasteiger charge is 2.76. The van der Waals surface area contributed by atoms with Gasteiger partial charge in [-0.15, -0.1) is 0 Å². The number of carbonyl (C=O) groups is 2. The van der Waals surface area contributed by atoms with Crippen molar-refractivity contribution in [3.8, 4) is 0 Å². The SMILES string of the molecule is CC(=O)O[C@@H](CCC(C)C)[C@@H](C)[C@H]1CC[C@H]2[C@@H]3C[C@@H](OC(C)=O)[C@@]4(O)C[C@@H](O)CC[C@]4(CO)[C@@]3(O)CC[C@]12C.